The second kappa shape index (κ2) is 5.65. The summed E-state index contributed by atoms with van der Waals surface area (Å²) in [6.45, 7) is 1.44. The van der Waals surface area contributed by atoms with Crippen LogP contribution < -0.4 is 4.57 Å². The first-order chi connectivity index (χ1) is 9.79. The Balaban J connectivity index is 1.69. The Hall–Kier alpha value is -2.49. The molecule has 0 amide bonds. The molecule has 2 aromatic carbocycles. The fourth-order valence-electron chi connectivity index (χ4n) is 2.10. The molecule has 0 bridgehead atoms. The van der Waals surface area contributed by atoms with Gasteiger partial charge in [0.1, 0.15) is 12.4 Å². The number of rotatable bonds is 4. The minimum absolute atomic E-state index is 0.210. The molecule has 0 aliphatic heterocycles. The summed E-state index contributed by atoms with van der Waals surface area (Å²) < 4.78 is 16.7. The van der Waals surface area contributed by atoms with Crippen molar-refractivity contribution in [3.8, 4) is 0 Å². The van der Waals surface area contributed by atoms with Gasteiger partial charge in [0.05, 0.1) is 6.54 Å². The molecule has 0 radical (unpaired) electrons. The lowest BCUT2D eigenvalue weighted by Crippen LogP contribution is -2.31. The summed E-state index contributed by atoms with van der Waals surface area (Å²) in [5.41, 5.74) is 2.26. The van der Waals surface area contributed by atoms with E-state index in [1.807, 2.05) is 33.8 Å². The zero-order chi connectivity index (χ0) is 13.8. The van der Waals surface area contributed by atoms with Crippen molar-refractivity contribution in [2.24, 2.45) is 0 Å². The maximum atomic E-state index is 12.8. The lowest BCUT2D eigenvalue weighted by atomic mass is 10.2. The highest BCUT2D eigenvalue weighted by atomic mass is 19.1. The molecule has 0 atom stereocenters. The van der Waals surface area contributed by atoms with Crippen LogP contribution in [0.25, 0.3) is 0 Å². The standard InChI is InChI=1S/C16H15FN3/c17-16-8-6-15(7-9-16)10-19-12-18-20(13-19)11-14-4-2-1-3-5-14/h1-9,12-13H,10-11H2/q+1. The van der Waals surface area contributed by atoms with Crippen molar-refractivity contribution in [2.75, 3.05) is 0 Å². The molecule has 0 aliphatic carbocycles. The smallest absolute Gasteiger partial charge is 0.233 e. The lowest BCUT2D eigenvalue weighted by Gasteiger charge is -1.97. The van der Waals surface area contributed by atoms with Crippen molar-refractivity contribution >= 4 is 0 Å². The second-order valence-corrected chi connectivity index (χ2v) is 4.73. The SMILES string of the molecule is Fc1ccc(C[n+]2cnn(Cc3ccccc3)c2)cc1. The molecule has 20 heavy (non-hydrogen) atoms. The number of hydrogen-bond acceptors (Lipinski definition) is 1. The summed E-state index contributed by atoms with van der Waals surface area (Å²) in [7, 11) is 0. The van der Waals surface area contributed by atoms with Crippen LogP contribution in [0.2, 0.25) is 0 Å². The summed E-state index contributed by atoms with van der Waals surface area (Å²) in [6, 6.07) is 16.7. The summed E-state index contributed by atoms with van der Waals surface area (Å²) >= 11 is 0. The van der Waals surface area contributed by atoms with E-state index in [0.29, 0.717) is 6.54 Å². The highest BCUT2D eigenvalue weighted by molar-refractivity contribution is 5.15. The first-order valence-electron chi connectivity index (χ1n) is 6.49. The molecule has 1 aromatic heterocycles. The molecule has 0 N–H and O–H groups in total. The molecule has 4 heteroatoms. The molecule has 0 spiro atoms. The third-order valence-corrected chi connectivity index (χ3v) is 3.10. The Morgan fingerprint density at radius 2 is 1.70 bits per heavy atom. The van der Waals surface area contributed by atoms with Gasteiger partial charge in [-0.15, -0.1) is 4.68 Å². The Labute approximate surface area is 116 Å². The molecular formula is C16H15FN3+. The first kappa shape index (κ1) is 12.5. The summed E-state index contributed by atoms with van der Waals surface area (Å²) in [5.74, 6) is -0.210. The van der Waals surface area contributed by atoms with E-state index < -0.39 is 0 Å². The fourth-order valence-corrected chi connectivity index (χ4v) is 2.10. The van der Waals surface area contributed by atoms with E-state index in [-0.39, 0.29) is 5.82 Å². The number of nitrogens with zero attached hydrogens (tertiary/aromatic N) is 3. The molecular weight excluding hydrogens is 253 g/mol. The zero-order valence-corrected chi connectivity index (χ0v) is 11.0. The average molecular weight is 268 g/mol. The van der Waals surface area contributed by atoms with Gasteiger partial charge in [0, 0.05) is 5.10 Å². The van der Waals surface area contributed by atoms with Crippen LogP contribution in [-0.4, -0.2) is 9.78 Å². The maximum absolute atomic E-state index is 12.8. The van der Waals surface area contributed by atoms with Crippen molar-refractivity contribution < 1.29 is 8.96 Å². The number of hydrogen-bond donors (Lipinski definition) is 0. The van der Waals surface area contributed by atoms with E-state index in [2.05, 4.69) is 17.2 Å². The summed E-state index contributed by atoms with van der Waals surface area (Å²) in [6.07, 6.45) is 3.74. The van der Waals surface area contributed by atoms with Gasteiger partial charge in [-0.2, -0.15) is 0 Å². The Kier molecular flexibility index (Phi) is 3.54. The van der Waals surface area contributed by atoms with Gasteiger partial charge in [0.15, 0.2) is 0 Å². The quantitative estimate of drug-likeness (QED) is 0.666. The molecule has 100 valence electrons. The molecule has 3 nitrogen and oxygen atoms in total. The van der Waals surface area contributed by atoms with Gasteiger partial charge >= 0.3 is 0 Å². The number of benzene rings is 2. The van der Waals surface area contributed by atoms with E-state index in [4.69, 9.17) is 0 Å². The number of aromatic nitrogens is 3. The van der Waals surface area contributed by atoms with Gasteiger partial charge < -0.3 is 0 Å². The predicted molar refractivity (Wildman–Crippen MR) is 73.5 cm³/mol. The van der Waals surface area contributed by atoms with E-state index in [1.54, 1.807) is 18.5 Å². The highest BCUT2D eigenvalue weighted by Crippen LogP contribution is 2.03. The molecule has 0 saturated carbocycles. The van der Waals surface area contributed by atoms with Gasteiger partial charge in [0.2, 0.25) is 6.33 Å². The molecule has 0 fully saturated rings. The lowest BCUT2D eigenvalue weighted by molar-refractivity contribution is -0.689. The van der Waals surface area contributed by atoms with Crippen LogP contribution in [0.5, 0.6) is 0 Å². The van der Waals surface area contributed by atoms with Crippen LogP contribution in [0, 0.1) is 5.82 Å². The van der Waals surface area contributed by atoms with Crippen molar-refractivity contribution in [1.82, 2.24) is 9.78 Å². The van der Waals surface area contributed by atoms with E-state index in [0.717, 1.165) is 12.1 Å². The van der Waals surface area contributed by atoms with Crippen LogP contribution in [0.15, 0.2) is 67.3 Å². The molecule has 3 aromatic rings. The molecule has 1 heterocycles. The fraction of sp³-hybridized carbons (Fsp3) is 0.125. The van der Waals surface area contributed by atoms with Crippen molar-refractivity contribution in [3.63, 3.8) is 0 Å². The van der Waals surface area contributed by atoms with E-state index in [1.165, 1.54) is 17.7 Å². The average Bonchev–Trinajstić information content (AvgIpc) is 2.90. The minimum atomic E-state index is -0.210. The van der Waals surface area contributed by atoms with Crippen molar-refractivity contribution in [3.05, 3.63) is 84.2 Å². The maximum Gasteiger partial charge on any atom is 0.265 e. The number of halogens is 1. The molecule has 0 aliphatic rings. The normalized spacial score (nSPS) is 10.7. The first-order valence-corrected chi connectivity index (χ1v) is 6.49. The largest absolute Gasteiger partial charge is 0.265 e. The van der Waals surface area contributed by atoms with Crippen LogP contribution in [0.1, 0.15) is 11.1 Å². The van der Waals surface area contributed by atoms with Gasteiger partial charge in [0.25, 0.3) is 6.33 Å². The van der Waals surface area contributed by atoms with Gasteiger partial charge in [-0.1, -0.05) is 42.5 Å². The van der Waals surface area contributed by atoms with Gasteiger partial charge in [-0.3, -0.25) is 0 Å². The Morgan fingerprint density at radius 3 is 2.45 bits per heavy atom. The minimum Gasteiger partial charge on any atom is -0.233 e. The molecule has 3 rings (SSSR count). The van der Waals surface area contributed by atoms with Crippen molar-refractivity contribution in [1.29, 1.82) is 0 Å². The third kappa shape index (κ3) is 3.09. The monoisotopic (exact) mass is 268 g/mol. The van der Waals surface area contributed by atoms with Crippen LogP contribution >= 0.6 is 0 Å². The zero-order valence-electron chi connectivity index (χ0n) is 11.0. The summed E-state index contributed by atoms with van der Waals surface area (Å²) in [4.78, 5) is 0. The van der Waals surface area contributed by atoms with Crippen LogP contribution in [0.4, 0.5) is 4.39 Å². The van der Waals surface area contributed by atoms with Crippen molar-refractivity contribution in [2.45, 2.75) is 13.1 Å². The Morgan fingerprint density at radius 1 is 0.950 bits per heavy atom. The Bertz CT molecular complexity index is 674. The van der Waals surface area contributed by atoms with Gasteiger partial charge in [-0.25, -0.2) is 8.96 Å². The predicted octanol–water partition coefficient (Wildman–Crippen LogP) is 2.41. The molecule has 0 unspecified atom stereocenters. The topological polar surface area (TPSA) is 21.7 Å². The van der Waals surface area contributed by atoms with Crippen LogP contribution in [0.3, 0.4) is 0 Å². The van der Waals surface area contributed by atoms with Gasteiger partial charge in [-0.05, 0) is 23.3 Å². The summed E-state index contributed by atoms with van der Waals surface area (Å²) in [5, 5.41) is 4.33. The van der Waals surface area contributed by atoms with E-state index in [9.17, 15) is 4.39 Å². The van der Waals surface area contributed by atoms with E-state index >= 15 is 0 Å². The highest BCUT2D eigenvalue weighted by Gasteiger charge is 2.07. The van der Waals surface area contributed by atoms with Crippen LogP contribution in [-0.2, 0) is 13.1 Å². The third-order valence-electron chi connectivity index (χ3n) is 3.10. The second-order valence-electron chi connectivity index (χ2n) is 4.73. The molecule has 0 saturated heterocycles.